The molecule has 9 nitrogen and oxygen atoms in total. The monoisotopic (exact) mass is 365 g/mol. The van der Waals surface area contributed by atoms with Crippen molar-refractivity contribution in [3.8, 4) is 5.75 Å². The zero-order valence-electron chi connectivity index (χ0n) is 13.7. The van der Waals surface area contributed by atoms with Crippen molar-refractivity contribution in [2.75, 3.05) is 13.1 Å². The number of amides is 1. The molecule has 2 N–H and O–H groups in total. The zero-order chi connectivity index (χ0) is 18.0. The fraction of sp³-hybridized carbons (Fsp3) is 0.400. The first-order valence-electron chi connectivity index (χ1n) is 7.77. The van der Waals surface area contributed by atoms with Crippen LogP contribution in [-0.2, 0) is 17.1 Å². The lowest BCUT2D eigenvalue weighted by Crippen LogP contribution is -2.44. The molecule has 0 bridgehead atoms. The van der Waals surface area contributed by atoms with Crippen LogP contribution in [0.2, 0.25) is 0 Å². The Morgan fingerprint density at radius 2 is 2.20 bits per heavy atom. The number of aromatic nitrogens is 3. The summed E-state index contributed by atoms with van der Waals surface area (Å²) >= 11 is 0. The lowest BCUT2D eigenvalue weighted by molar-refractivity contribution is 0.0993. The number of hydrogen-bond acceptors (Lipinski definition) is 6. The Morgan fingerprint density at radius 3 is 2.88 bits per heavy atom. The number of rotatable bonds is 5. The second kappa shape index (κ2) is 6.81. The average molecular weight is 365 g/mol. The summed E-state index contributed by atoms with van der Waals surface area (Å²) in [6.45, 7) is 0.634. The van der Waals surface area contributed by atoms with E-state index in [2.05, 4.69) is 9.97 Å². The summed E-state index contributed by atoms with van der Waals surface area (Å²) in [5, 5.41) is 0.0237. The van der Waals surface area contributed by atoms with Gasteiger partial charge in [0.2, 0.25) is 0 Å². The molecule has 3 rings (SSSR count). The number of ether oxygens (including phenoxy) is 1. The summed E-state index contributed by atoms with van der Waals surface area (Å²) in [6.07, 6.45) is 5.41. The molecule has 0 spiro atoms. The zero-order valence-corrected chi connectivity index (χ0v) is 14.5. The Balaban J connectivity index is 1.73. The Labute approximate surface area is 145 Å². The van der Waals surface area contributed by atoms with Crippen molar-refractivity contribution in [2.45, 2.75) is 24.0 Å². The molecule has 0 aliphatic carbocycles. The minimum Gasteiger partial charge on any atom is -0.489 e. The maximum absolute atomic E-state index is 12.7. The van der Waals surface area contributed by atoms with Crippen LogP contribution >= 0.6 is 0 Å². The molecule has 1 aliphatic rings. The Hall–Kier alpha value is -2.46. The summed E-state index contributed by atoms with van der Waals surface area (Å²) in [6, 6.07) is 3.06. The van der Waals surface area contributed by atoms with E-state index in [1.165, 1.54) is 29.1 Å². The molecule has 1 unspecified atom stereocenters. The average Bonchev–Trinajstić information content (AvgIpc) is 3.03. The molecule has 1 atom stereocenters. The molecule has 134 valence electrons. The normalized spacial score (nSPS) is 18.8. The molecule has 1 aliphatic heterocycles. The van der Waals surface area contributed by atoms with E-state index in [1.54, 1.807) is 17.7 Å². The molecular weight excluding hydrogens is 346 g/mol. The van der Waals surface area contributed by atoms with E-state index >= 15 is 0 Å². The highest BCUT2D eigenvalue weighted by Gasteiger charge is 2.32. The number of imidazole rings is 1. The van der Waals surface area contributed by atoms with Crippen molar-refractivity contribution < 1.29 is 17.9 Å². The van der Waals surface area contributed by atoms with Crippen LogP contribution in [0.25, 0.3) is 0 Å². The molecule has 25 heavy (non-hydrogen) atoms. The molecule has 0 saturated carbocycles. The quantitative estimate of drug-likeness (QED) is 0.805. The van der Waals surface area contributed by atoms with Crippen LogP contribution in [0.15, 0.2) is 35.9 Å². The number of carbonyl (C=O) groups is 1. The second-order valence-corrected chi connectivity index (χ2v) is 7.75. The van der Waals surface area contributed by atoms with Crippen LogP contribution < -0.4 is 10.5 Å². The molecule has 1 saturated heterocycles. The van der Waals surface area contributed by atoms with Crippen molar-refractivity contribution in [3.63, 3.8) is 0 Å². The van der Waals surface area contributed by atoms with Gasteiger partial charge in [0, 0.05) is 32.1 Å². The highest BCUT2D eigenvalue weighted by atomic mass is 32.2. The minimum atomic E-state index is -3.65. The van der Waals surface area contributed by atoms with Gasteiger partial charge in [0.1, 0.15) is 17.5 Å². The molecular formula is C15H19N5O4S. The van der Waals surface area contributed by atoms with Gasteiger partial charge in [-0.3, -0.25) is 9.78 Å². The van der Waals surface area contributed by atoms with Crippen molar-refractivity contribution in [3.05, 3.63) is 36.5 Å². The number of primary amides is 1. The summed E-state index contributed by atoms with van der Waals surface area (Å²) < 4.78 is 34.1. The smallest absolute Gasteiger partial charge is 0.267 e. The largest absolute Gasteiger partial charge is 0.489 e. The molecule has 2 aromatic rings. The van der Waals surface area contributed by atoms with E-state index < -0.39 is 15.9 Å². The van der Waals surface area contributed by atoms with Crippen molar-refractivity contribution in [1.82, 2.24) is 18.8 Å². The molecule has 0 radical (unpaired) electrons. The van der Waals surface area contributed by atoms with E-state index in [-0.39, 0.29) is 23.4 Å². The number of aryl methyl sites for hydroxylation is 1. The number of nitrogens with zero attached hydrogens (tertiary/aromatic N) is 4. The van der Waals surface area contributed by atoms with Gasteiger partial charge in [0.15, 0.2) is 5.03 Å². The number of hydrogen-bond donors (Lipinski definition) is 1. The van der Waals surface area contributed by atoms with E-state index in [9.17, 15) is 13.2 Å². The Morgan fingerprint density at radius 1 is 1.40 bits per heavy atom. The molecule has 10 heteroatoms. The van der Waals surface area contributed by atoms with E-state index in [0.717, 1.165) is 0 Å². The lowest BCUT2D eigenvalue weighted by Gasteiger charge is -2.31. The number of pyridine rings is 1. The standard InChI is InChI=1S/C15H19N5O4S/c1-19-9-14(18-10-19)25(22,23)20-6-2-3-12(8-20)24-11-4-5-17-13(7-11)15(16)21/h4-5,7,9-10,12H,2-3,6,8H2,1H3,(H2,16,21). The van der Waals surface area contributed by atoms with E-state index in [0.29, 0.717) is 25.1 Å². The van der Waals surface area contributed by atoms with Crippen molar-refractivity contribution in [2.24, 2.45) is 12.8 Å². The summed E-state index contributed by atoms with van der Waals surface area (Å²) in [7, 11) is -1.94. The minimum absolute atomic E-state index is 0.0237. The van der Waals surface area contributed by atoms with E-state index in [1.807, 2.05) is 0 Å². The van der Waals surface area contributed by atoms with Gasteiger partial charge in [-0.05, 0) is 18.9 Å². The van der Waals surface area contributed by atoms with Crippen molar-refractivity contribution >= 4 is 15.9 Å². The third kappa shape index (κ3) is 3.80. The van der Waals surface area contributed by atoms with Gasteiger partial charge in [-0.2, -0.15) is 4.31 Å². The van der Waals surface area contributed by atoms with E-state index in [4.69, 9.17) is 10.5 Å². The van der Waals surface area contributed by atoms with Gasteiger partial charge < -0.3 is 15.0 Å². The van der Waals surface area contributed by atoms with Gasteiger partial charge in [-0.1, -0.05) is 0 Å². The molecule has 2 aromatic heterocycles. The van der Waals surface area contributed by atoms with Crippen LogP contribution in [0.5, 0.6) is 5.75 Å². The van der Waals surface area contributed by atoms with Gasteiger partial charge in [0.25, 0.3) is 15.9 Å². The first-order chi connectivity index (χ1) is 11.9. The first-order valence-corrected chi connectivity index (χ1v) is 9.21. The Bertz CT molecular complexity index is 880. The van der Waals surface area contributed by atoms with Crippen LogP contribution in [0.4, 0.5) is 0 Å². The van der Waals surface area contributed by atoms with Crippen molar-refractivity contribution in [1.29, 1.82) is 0 Å². The summed E-state index contributed by atoms with van der Waals surface area (Å²) in [5.74, 6) is -0.209. The number of carbonyl (C=O) groups excluding carboxylic acids is 1. The van der Waals surface area contributed by atoms with Crippen LogP contribution in [0, 0.1) is 0 Å². The number of sulfonamides is 1. The highest BCUT2D eigenvalue weighted by Crippen LogP contribution is 2.23. The van der Waals surface area contributed by atoms with Gasteiger partial charge in [0.05, 0.1) is 12.9 Å². The maximum atomic E-state index is 12.7. The Kier molecular flexibility index (Phi) is 4.73. The maximum Gasteiger partial charge on any atom is 0.267 e. The third-order valence-electron chi connectivity index (χ3n) is 3.91. The summed E-state index contributed by atoms with van der Waals surface area (Å²) in [5.41, 5.74) is 5.31. The van der Waals surface area contributed by atoms with Crippen LogP contribution in [0.1, 0.15) is 23.3 Å². The first kappa shape index (κ1) is 17.4. The van der Waals surface area contributed by atoms with Gasteiger partial charge >= 0.3 is 0 Å². The second-order valence-electron chi connectivity index (χ2n) is 5.86. The van der Waals surface area contributed by atoms with Gasteiger partial charge in [-0.15, -0.1) is 0 Å². The SMILES string of the molecule is Cn1cnc(S(=O)(=O)N2CCCC(Oc3ccnc(C(N)=O)c3)C2)c1. The van der Waals surface area contributed by atoms with Crippen LogP contribution in [0.3, 0.4) is 0 Å². The number of nitrogens with two attached hydrogens (primary N) is 1. The lowest BCUT2D eigenvalue weighted by atomic mass is 10.1. The third-order valence-corrected chi connectivity index (χ3v) is 5.66. The van der Waals surface area contributed by atoms with Gasteiger partial charge in [-0.25, -0.2) is 13.4 Å². The topological polar surface area (TPSA) is 120 Å². The fourth-order valence-electron chi connectivity index (χ4n) is 2.69. The number of piperidine rings is 1. The molecule has 3 heterocycles. The summed E-state index contributed by atoms with van der Waals surface area (Å²) in [4.78, 5) is 19.0. The molecule has 1 amide bonds. The highest BCUT2D eigenvalue weighted by molar-refractivity contribution is 7.89. The predicted octanol–water partition coefficient (Wildman–Crippen LogP) is 0.146. The molecule has 0 aromatic carbocycles. The van der Waals surface area contributed by atoms with Crippen LogP contribution in [-0.4, -0.2) is 52.4 Å². The fourth-order valence-corrected chi connectivity index (χ4v) is 4.16. The predicted molar refractivity (Wildman–Crippen MR) is 88.4 cm³/mol. The molecule has 1 fully saturated rings.